The summed E-state index contributed by atoms with van der Waals surface area (Å²) in [6.07, 6.45) is 2.26. The largest absolute Gasteiger partial charge is 0.365 e. The lowest BCUT2D eigenvalue weighted by Gasteiger charge is -2.11. The predicted octanol–water partition coefficient (Wildman–Crippen LogP) is 0.960. The summed E-state index contributed by atoms with van der Waals surface area (Å²) in [6, 6.07) is 0.0145. The van der Waals surface area contributed by atoms with Crippen LogP contribution in [0.5, 0.6) is 0 Å². The highest BCUT2D eigenvalue weighted by Crippen LogP contribution is 2.13. The van der Waals surface area contributed by atoms with Crippen LogP contribution in [0.25, 0.3) is 0 Å². The molecule has 1 aliphatic rings. The van der Waals surface area contributed by atoms with Crippen LogP contribution in [0.15, 0.2) is 6.20 Å². The minimum absolute atomic E-state index is 0.0145. The molecule has 2 rings (SSSR count). The number of amides is 1. The van der Waals surface area contributed by atoms with Crippen molar-refractivity contribution in [3.63, 3.8) is 0 Å². The van der Waals surface area contributed by atoms with Crippen LogP contribution < -0.4 is 10.6 Å². The predicted molar refractivity (Wildman–Crippen MR) is 56.7 cm³/mol. The molecular weight excluding hydrogens is 235 g/mol. The van der Waals surface area contributed by atoms with Crippen molar-refractivity contribution in [2.45, 2.75) is 18.9 Å². The maximum Gasteiger partial charge on any atom is 0.224 e. The van der Waals surface area contributed by atoms with Crippen molar-refractivity contribution >= 4 is 23.3 Å². The Hall–Kier alpha value is -1.43. The first-order valence-corrected chi connectivity index (χ1v) is 5.24. The van der Waals surface area contributed by atoms with Gasteiger partial charge in [-0.3, -0.25) is 4.79 Å². The highest BCUT2D eigenvalue weighted by molar-refractivity contribution is 6.28. The molecule has 5 nitrogen and oxygen atoms in total. The molecule has 0 aromatic carbocycles. The van der Waals surface area contributed by atoms with Gasteiger partial charge in [-0.1, -0.05) is 0 Å². The molecule has 1 atom stereocenters. The second-order valence-electron chi connectivity index (χ2n) is 3.52. The normalized spacial score (nSPS) is 19.6. The lowest BCUT2D eigenvalue weighted by Crippen LogP contribution is -2.32. The fourth-order valence-electron chi connectivity index (χ4n) is 1.52. The van der Waals surface area contributed by atoms with Gasteiger partial charge in [0.25, 0.3) is 0 Å². The third-order valence-corrected chi connectivity index (χ3v) is 2.50. The van der Waals surface area contributed by atoms with E-state index in [0.29, 0.717) is 13.0 Å². The molecule has 0 aliphatic carbocycles. The van der Waals surface area contributed by atoms with Crippen molar-refractivity contribution in [3.8, 4) is 0 Å². The summed E-state index contributed by atoms with van der Waals surface area (Å²) in [7, 11) is 0. The summed E-state index contributed by atoms with van der Waals surface area (Å²) in [5, 5.41) is 5.53. The van der Waals surface area contributed by atoms with E-state index in [1.165, 1.54) is 0 Å². The van der Waals surface area contributed by atoms with Crippen molar-refractivity contribution in [1.29, 1.82) is 0 Å². The highest BCUT2D eigenvalue weighted by Gasteiger charge is 2.20. The van der Waals surface area contributed by atoms with Crippen LogP contribution in [0, 0.1) is 5.82 Å². The Morgan fingerprint density at radius 3 is 3.19 bits per heavy atom. The molecule has 1 fully saturated rings. The quantitative estimate of drug-likeness (QED) is 0.778. The topological polar surface area (TPSA) is 66.9 Å². The first-order valence-electron chi connectivity index (χ1n) is 4.86. The van der Waals surface area contributed by atoms with Gasteiger partial charge in [-0.2, -0.15) is 4.98 Å². The summed E-state index contributed by atoms with van der Waals surface area (Å²) in [5.74, 6) is -0.483. The summed E-state index contributed by atoms with van der Waals surface area (Å²) in [6.45, 7) is 0.427. The van der Waals surface area contributed by atoms with E-state index in [0.717, 1.165) is 12.6 Å². The molecule has 0 spiro atoms. The maximum absolute atomic E-state index is 13.2. The molecule has 16 heavy (non-hydrogen) atoms. The zero-order valence-corrected chi connectivity index (χ0v) is 9.09. The molecule has 0 radical (unpaired) electrons. The molecule has 2 N–H and O–H groups in total. The van der Waals surface area contributed by atoms with Crippen molar-refractivity contribution < 1.29 is 9.18 Å². The second kappa shape index (κ2) is 4.61. The first-order chi connectivity index (χ1) is 7.65. The summed E-state index contributed by atoms with van der Waals surface area (Å²) in [5.41, 5.74) is 0. The number of hydrogen-bond donors (Lipinski definition) is 2. The fraction of sp³-hybridized carbons (Fsp3) is 0.444. The average molecular weight is 245 g/mol. The first kappa shape index (κ1) is 11.1. The number of carbonyl (C=O) groups excluding carboxylic acids is 1. The summed E-state index contributed by atoms with van der Waals surface area (Å²) in [4.78, 5) is 18.1. The van der Waals surface area contributed by atoms with Gasteiger partial charge in [0.15, 0.2) is 11.6 Å². The Kier molecular flexibility index (Phi) is 3.19. The van der Waals surface area contributed by atoms with Crippen LogP contribution in [0.4, 0.5) is 10.2 Å². The van der Waals surface area contributed by atoms with Crippen LogP contribution in [-0.4, -0.2) is 28.5 Å². The second-order valence-corrected chi connectivity index (χ2v) is 3.86. The van der Waals surface area contributed by atoms with Crippen LogP contribution >= 0.6 is 11.6 Å². The van der Waals surface area contributed by atoms with Gasteiger partial charge in [0.2, 0.25) is 11.2 Å². The van der Waals surface area contributed by atoms with Crippen molar-refractivity contribution in [1.82, 2.24) is 15.3 Å². The maximum atomic E-state index is 13.2. The molecule has 1 unspecified atom stereocenters. The number of carbonyl (C=O) groups is 1. The zero-order valence-electron chi connectivity index (χ0n) is 8.33. The molecule has 1 amide bonds. The molecule has 86 valence electrons. The monoisotopic (exact) mass is 244 g/mol. The minimum Gasteiger partial charge on any atom is -0.365 e. The highest BCUT2D eigenvalue weighted by atomic mass is 35.5. The van der Waals surface area contributed by atoms with E-state index >= 15 is 0 Å². The van der Waals surface area contributed by atoms with Crippen LogP contribution in [0.3, 0.4) is 0 Å². The molecule has 2 heterocycles. The Bertz CT molecular complexity index is 414. The molecular formula is C9H10ClFN4O. The third kappa shape index (κ3) is 2.57. The summed E-state index contributed by atoms with van der Waals surface area (Å²) >= 11 is 5.54. The summed E-state index contributed by atoms with van der Waals surface area (Å²) < 4.78 is 13.2. The van der Waals surface area contributed by atoms with Gasteiger partial charge in [-0.25, -0.2) is 9.37 Å². The van der Waals surface area contributed by atoms with E-state index in [-0.39, 0.29) is 23.1 Å². The van der Waals surface area contributed by atoms with Gasteiger partial charge in [-0.05, 0) is 18.0 Å². The molecule has 7 heteroatoms. The number of rotatable bonds is 3. The van der Waals surface area contributed by atoms with E-state index in [4.69, 9.17) is 11.6 Å². The fourth-order valence-corrected chi connectivity index (χ4v) is 1.65. The van der Waals surface area contributed by atoms with E-state index in [1.54, 1.807) is 0 Å². The van der Waals surface area contributed by atoms with E-state index in [2.05, 4.69) is 20.6 Å². The Morgan fingerprint density at radius 2 is 2.50 bits per heavy atom. The van der Waals surface area contributed by atoms with E-state index < -0.39 is 5.82 Å². The standard InChI is InChI=1S/C9H10ClFN4O/c10-9-13-4-6(11)8(15-9)12-3-5-1-2-7(16)14-5/h4-5H,1-3H2,(H,14,16)(H,12,13,15). The number of anilines is 1. The third-order valence-electron chi connectivity index (χ3n) is 2.32. The minimum atomic E-state index is -0.561. The number of nitrogens with one attached hydrogen (secondary N) is 2. The SMILES string of the molecule is O=C1CCC(CNc2nc(Cl)ncc2F)N1. The van der Waals surface area contributed by atoms with Crippen LogP contribution in [0.2, 0.25) is 5.28 Å². The number of halogens is 2. The molecule has 1 saturated heterocycles. The molecule has 0 bridgehead atoms. The average Bonchev–Trinajstić information content (AvgIpc) is 2.66. The van der Waals surface area contributed by atoms with Gasteiger partial charge in [0.1, 0.15) is 0 Å². The molecule has 1 aliphatic heterocycles. The van der Waals surface area contributed by atoms with Crippen molar-refractivity contribution in [2.75, 3.05) is 11.9 Å². The molecule has 0 saturated carbocycles. The van der Waals surface area contributed by atoms with Gasteiger partial charge < -0.3 is 10.6 Å². The van der Waals surface area contributed by atoms with Crippen LogP contribution in [-0.2, 0) is 4.79 Å². The smallest absolute Gasteiger partial charge is 0.224 e. The van der Waals surface area contributed by atoms with Gasteiger partial charge in [0, 0.05) is 19.0 Å². The Morgan fingerprint density at radius 1 is 1.69 bits per heavy atom. The van der Waals surface area contributed by atoms with Crippen LogP contribution in [0.1, 0.15) is 12.8 Å². The van der Waals surface area contributed by atoms with E-state index in [1.807, 2.05) is 0 Å². The van der Waals surface area contributed by atoms with Crippen molar-refractivity contribution in [2.24, 2.45) is 0 Å². The lowest BCUT2D eigenvalue weighted by molar-refractivity contribution is -0.119. The Balaban J connectivity index is 1.94. The zero-order chi connectivity index (χ0) is 11.5. The lowest BCUT2D eigenvalue weighted by atomic mass is 10.2. The van der Waals surface area contributed by atoms with Gasteiger partial charge in [0.05, 0.1) is 6.20 Å². The number of nitrogens with zero attached hydrogens (tertiary/aromatic N) is 2. The van der Waals surface area contributed by atoms with Gasteiger partial charge in [-0.15, -0.1) is 0 Å². The Labute approximate surface area is 96.4 Å². The van der Waals surface area contributed by atoms with Crippen molar-refractivity contribution in [3.05, 3.63) is 17.3 Å². The van der Waals surface area contributed by atoms with E-state index in [9.17, 15) is 9.18 Å². The number of hydrogen-bond acceptors (Lipinski definition) is 4. The molecule has 1 aromatic rings. The molecule has 1 aromatic heterocycles. The van der Waals surface area contributed by atoms with Gasteiger partial charge >= 0.3 is 0 Å². The number of aromatic nitrogens is 2.